The second kappa shape index (κ2) is 9.09. The van der Waals surface area contributed by atoms with Gasteiger partial charge in [0, 0.05) is 11.4 Å². The monoisotopic (exact) mass is 400 g/mol. The molecule has 3 aromatic carbocycles. The molecule has 27 heavy (non-hydrogen) atoms. The lowest BCUT2D eigenvalue weighted by Crippen LogP contribution is -1.94. The fourth-order valence-corrected chi connectivity index (χ4v) is 4.70. The zero-order valence-corrected chi connectivity index (χ0v) is 16.6. The first-order valence-electron chi connectivity index (χ1n) is 8.60. The van der Waals surface area contributed by atoms with Gasteiger partial charge in [0.15, 0.2) is 0 Å². The Kier molecular flexibility index (Phi) is 6.56. The van der Waals surface area contributed by atoms with Crippen LogP contribution in [0.25, 0.3) is 10.8 Å². The smallest absolute Gasteiger partial charge is 0.370 e. The molecule has 0 bridgehead atoms. The third-order valence-corrected chi connectivity index (χ3v) is 6.88. The van der Waals surface area contributed by atoms with Gasteiger partial charge < -0.3 is 14.9 Å². The summed E-state index contributed by atoms with van der Waals surface area (Å²) in [6.45, 7) is -1.57. The Bertz CT molecular complexity index is 976. The van der Waals surface area contributed by atoms with Gasteiger partial charge in [-0.05, 0) is 65.0 Å². The summed E-state index contributed by atoms with van der Waals surface area (Å²) in [4.78, 5) is 9.67. The van der Waals surface area contributed by atoms with E-state index in [1.807, 2.05) is 67.6 Å². The Morgan fingerprint density at radius 1 is 1.07 bits per heavy atom. The van der Waals surface area contributed by atoms with Crippen LogP contribution in [-0.2, 0) is 4.57 Å². The molecule has 7 heteroatoms. The molecule has 0 amide bonds. The van der Waals surface area contributed by atoms with E-state index in [4.69, 9.17) is 4.74 Å². The van der Waals surface area contributed by atoms with Gasteiger partial charge in [-0.25, -0.2) is 0 Å². The van der Waals surface area contributed by atoms with Crippen LogP contribution in [0.1, 0.15) is 13.3 Å². The number of hydrogen-bond acceptors (Lipinski definition) is 3. The molecule has 0 aliphatic heterocycles. The highest BCUT2D eigenvalue weighted by molar-refractivity contribution is 8.55. The number of benzene rings is 3. The number of rotatable bonds is 8. The third-order valence-electron chi connectivity index (χ3n) is 3.71. The van der Waals surface area contributed by atoms with E-state index in [1.54, 1.807) is 0 Å². The maximum absolute atomic E-state index is 11.8. The van der Waals surface area contributed by atoms with Crippen molar-refractivity contribution in [1.82, 2.24) is 0 Å². The molecular formula is C20H21N2O3PS. The number of ether oxygens (including phenoxy) is 1. The van der Waals surface area contributed by atoms with Crippen LogP contribution in [-0.4, -0.2) is 17.0 Å². The van der Waals surface area contributed by atoms with Crippen molar-refractivity contribution in [1.29, 1.82) is 0 Å². The van der Waals surface area contributed by atoms with Gasteiger partial charge in [0.05, 0.1) is 6.34 Å². The summed E-state index contributed by atoms with van der Waals surface area (Å²) in [6, 6.07) is 21.4. The van der Waals surface area contributed by atoms with Crippen molar-refractivity contribution >= 4 is 40.9 Å². The molecule has 0 spiro atoms. The molecule has 140 valence electrons. The molecule has 3 rings (SSSR count). The SMILES string of the molecule is CCCSP(=O)(O)N=CNc1ccc(Oc2ccc3ccccc3c2)cc1. The average molecular weight is 400 g/mol. The summed E-state index contributed by atoms with van der Waals surface area (Å²) in [5, 5.41) is 5.19. The molecule has 3 aromatic rings. The van der Waals surface area contributed by atoms with E-state index in [1.165, 1.54) is 11.7 Å². The van der Waals surface area contributed by atoms with Gasteiger partial charge in [-0.15, -0.1) is 0 Å². The summed E-state index contributed by atoms with van der Waals surface area (Å²) < 4.78 is 21.4. The van der Waals surface area contributed by atoms with Crippen molar-refractivity contribution in [2.45, 2.75) is 13.3 Å². The van der Waals surface area contributed by atoms with Gasteiger partial charge in [0.2, 0.25) is 0 Å². The number of anilines is 1. The number of nitrogens with zero attached hydrogens (tertiary/aromatic N) is 1. The van der Waals surface area contributed by atoms with E-state index in [2.05, 4.69) is 16.1 Å². The van der Waals surface area contributed by atoms with Gasteiger partial charge in [0.25, 0.3) is 0 Å². The van der Waals surface area contributed by atoms with Crippen molar-refractivity contribution in [2.75, 3.05) is 11.1 Å². The first kappa shape index (κ1) is 19.5. The molecule has 0 aliphatic rings. The van der Waals surface area contributed by atoms with E-state index in [0.29, 0.717) is 11.5 Å². The van der Waals surface area contributed by atoms with Crippen LogP contribution in [0.15, 0.2) is 71.5 Å². The standard InChI is InChI=1S/C20H21N2O3PS/c1-2-13-27-26(23,24)22-15-21-18-8-11-19(12-9-18)25-20-10-7-16-5-3-4-6-17(16)14-20/h3-12,14-15H,2,13H2,1H3,(H2,21,22,23,24). The highest BCUT2D eigenvalue weighted by atomic mass is 32.7. The molecule has 0 aromatic heterocycles. The molecule has 2 N–H and O–H groups in total. The Morgan fingerprint density at radius 3 is 2.52 bits per heavy atom. The lowest BCUT2D eigenvalue weighted by Gasteiger charge is -2.08. The van der Waals surface area contributed by atoms with E-state index >= 15 is 0 Å². The normalized spacial score (nSPS) is 13.6. The molecule has 0 saturated carbocycles. The predicted molar refractivity (Wildman–Crippen MR) is 115 cm³/mol. The maximum atomic E-state index is 11.8. The van der Waals surface area contributed by atoms with E-state index < -0.39 is 6.72 Å². The highest BCUT2D eigenvalue weighted by Gasteiger charge is 2.15. The van der Waals surface area contributed by atoms with Gasteiger partial charge >= 0.3 is 6.72 Å². The Balaban J connectivity index is 1.60. The summed E-state index contributed by atoms with van der Waals surface area (Å²) in [7, 11) is 0. The molecule has 1 unspecified atom stereocenters. The van der Waals surface area contributed by atoms with Crippen LogP contribution in [0.4, 0.5) is 5.69 Å². The van der Waals surface area contributed by atoms with Gasteiger partial charge in [-0.1, -0.05) is 37.3 Å². The van der Waals surface area contributed by atoms with Gasteiger partial charge in [-0.3, -0.25) is 4.57 Å². The lowest BCUT2D eigenvalue weighted by molar-refractivity contribution is 0.483. The fraction of sp³-hybridized carbons (Fsp3) is 0.150. The van der Waals surface area contributed by atoms with Crippen LogP contribution >= 0.6 is 18.1 Å². The predicted octanol–water partition coefficient (Wildman–Crippen LogP) is 6.32. The third kappa shape index (κ3) is 5.86. The van der Waals surface area contributed by atoms with Gasteiger partial charge in [-0.2, -0.15) is 4.76 Å². The second-order valence-corrected chi connectivity index (χ2v) is 9.93. The van der Waals surface area contributed by atoms with Crippen molar-refractivity contribution in [2.24, 2.45) is 4.76 Å². The first-order chi connectivity index (χ1) is 13.1. The van der Waals surface area contributed by atoms with Crippen LogP contribution in [0.2, 0.25) is 0 Å². The van der Waals surface area contributed by atoms with Gasteiger partial charge in [0.1, 0.15) is 11.5 Å². The maximum Gasteiger partial charge on any atom is 0.370 e. The zero-order chi connectivity index (χ0) is 19.1. The highest BCUT2D eigenvalue weighted by Crippen LogP contribution is 2.55. The minimum Gasteiger partial charge on any atom is -0.457 e. The molecule has 0 aliphatic carbocycles. The molecule has 5 nitrogen and oxygen atoms in total. The van der Waals surface area contributed by atoms with Crippen molar-refractivity contribution in [3.8, 4) is 11.5 Å². The minimum absolute atomic E-state index is 0.603. The molecular weight excluding hydrogens is 379 g/mol. The van der Waals surface area contributed by atoms with Crippen molar-refractivity contribution < 1.29 is 14.2 Å². The topological polar surface area (TPSA) is 70.9 Å². The Labute approximate surface area is 162 Å². The Morgan fingerprint density at radius 2 is 1.78 bits per heavy atom. The molecule has 0 radical (unpaired) electrons. The van der Waals surface area contributed by atoms with Crippen molar-refractivity contribution in [3.05, 3.63) is 66.7 Å². The summed E-state index contributed by atoms with van der Waals surface area (Å²) >= 11 is 0.971. The zero-order valence-electron chi connectivity index (χ0n) is 14.9. The molecule has 0 saturated heterocycles. The summed E-state index contributed by atoms with van der Waals surface area (Å²) in [6.07, 6.45) is 2.10. The number of nitrogens with one attached hydrogen (secondary N) is 1. The number of fused-ring (bicyclic) bond motifs is 1. The first-order valence-corrected chi connectivity index (χ1v) is 11.8. The van der Waals surface area contributed by atoms with E-state index in [9.17, 15) is 9.46 Å². The largest absolute Gasteiger partial charge is 0.457 e. The van der Waals surface area contributed by atoms with Crippen molar-refractivity contribution in [3.63, 3.8) is 0 Å². The minimum atomic E-state index is -3.52. The fourth-order valence-electron chi connectivity index (χ4n) is 2.41. The average Bonchev–Trinajstić information content (AvgIpc) is 2.68. The molecule has 0 heterocycles. The van der Waals surface area contributed by atoms with E-state index in [0.717, 1.165) is 34.6 Å². The number of hydrogen-bond donors (Lipinski definition) is 2. The summed E-state index contributed by atoms with van der Waals surface area (Å²) in [5.41, 5.74) is 0.755. The van der Waals surface area contributed by atoms with Crippen LogP contribution in [0, 0.1) is 0 Å². The molecule has 1 atom stereocenters. The van der Waals surface area contributed by atoms with Crippen LogP contribution in [0.5, 0.6) is 11.5 Å². The second-order valence-electron chi connectivity index (χ2n) is 5.85. The molecule has 0 fully saturated rings. The van der Waals surface area contributed by atoms with Crippen LogP contribution < -0.4 is 10.1 Å². The van der Waals surface area contributed by atoms with Crippen LogP contribution in [0.3, 0.4) is 0 Å². The Hall–Kier alpha value is -2.27. The van der Waals surface area contributed by atoms with E-state index in [-0.39, 0.29) is 0 Å². The quantitative estimate of drug-likeness (QED) is 0.263. The lowest BCUT2D eigenvalue weighted by atomic mass is 10.1. The summed E-state index contributed by atoms with van der Waals surface area (Å²) in [5.74, 6) is 2.08.